The van der Waals surface area contributed by atoms with E-state index in [2.05, 4.69) is 5.32 Å². The molecule has 5 nitrogen and oxygen atoms in total. The summed E-state index contributed by atoms with van der Waals surface area (Å²) in [4.78, 5) is 26.7. The van der Waals surface area contributed by atoms with Crippen LogP contribution in [0, 0.1) is 5.41 Å². The van der Waals surface area contributed by atoms with Crippen molar-refractivity contribution in [2.75, 3.05) is 6.61 Å². The molecule has 1 heterocycles. The molecule has 1 aromatic rings. The minimum absolute atomic E-state index is 0.158. The Kier molecular flexibility index (Phi) is 4.95. The van der Waals surface area contributed by atoms with Gasteiger partial charge in [0.2, 0.25) is 0 Å². The smallest absolute Gasteiger partial charge is 0.330 e. The van der Waals surface area contributed by atoms with Crippen LogP contribution in [0.2, 0.25) is 0 Å². The number of carbonyl (C=O) groups is 2. The third kappa shape index (κ3) is 2.99. The largest absolute Gasteiger partial charge is 0.479 e. The van der Waals surface area contributed by atoms with Crippen LogP contribution in [0.4, 0.5) is 0 Å². The minimum Gasteiger partial charge on any atom is -0.479 e. The number of hydrogen-bond acceptors (Lipinski definition) is 4. The summed E-state index contributed by atoms with van der Waals surface area (Å²) in [6.07, 6.45) is 5.74. The number of thiophene rings is 1. The number of rotatable bonds is 5. The molecule has 0 aliphatic heterocycles. The van der Waals surface area contributed by atoms with Crippen molar-refractivity contribution in [3.8, 4) is 0 Å². The van der Waals surface area contributed by atoms with Gasteiger partial charge in [-0.15, -0.1) is 11.3 Å². The van der Waals surface area contributed by atoms with Crippen LogP contribution < -0.4 is 5.32 Å². The van der Waals surface area contributed by atoms with E-state index in [1.165, 1.54) is 28.2 Å². The number of ether oxygens (including phenoxy) is 1. The molecule has 6 heteroatoms. The summed E-state index contributed by atoms with van der Waals surface area (Å²) in [6, 6.07) is 1.96. The Hall–Kier alpha value is -1.40. The normalized spacial score (nSPS) is 27.7. The first kappa shape index (κ1) is 18.4. The molecule has 1 amide bonds. The molecule has 2 aliphatic carbocycles. The first-order valence-electron chi connectivity index (χ1n) is 9.11. The second-order valence-electron chi connectivity index (χ2n) is 7.65. The molecule has 1 fully saturated rings. The Morgan fingerprint density at radius 2 is 2.04 bits per heavy atom. The van der Waals surface area contributed by atoms with Crippen molar-refractivity contribution < 1.29 is 19.4 Å². The van der Waals surface area contributed by atoms with Gasteiger partial charge in [0.05, 0.1) is 11.0 Å². The first-order valence-corrected chi connectivity index (χ1v) is 9.92. The topological polar surface area (TPSA) is 75.6 Å². The van der Waals surface area contributed by atoms with Gasteiger partial charge in [0, 0.05) is 23.3 Å². The highest BCUT2D eigenvalue weighted by molar-refractivity contribution is 7.14. The number of carboxylic acids is 1. The lowest BCUT2D eigenvalue weighted by Crippen LogP contribution is -2.76. The Morgan fingerprint density at radius 1 is 1.32 bits per heavy atom. The number of hydrogen-bond donors (Lipinski definition) is 2. The maximum Gasteiger partial charge on any atom is 0.330 e. The summed E-state index contributed by atoms with van der Waals surface area (Å²) in [7, 11) is 0. The van der Waals surface area contributed by atoms with E-state index in [1.807, 2.05) is 26.8 Å². The van der Waals surface area contributed by atoms with Gasteiger partial charge in [-0.3, -0.25) is 4.79 Å². The van der Waals surface area contributed by atoms with Crippen LogP contribution in [0.1, 0.15) is 66.6 Å². The fourth-order valence-electron chi connectivity index (χ4n) is 4.07. The summed E-state index contributed by atoms with van der Waals surface area (Å²) in [5, 5.41) is 12.7. The third-order valence-electron chi connectivity index (χ3n) is 5.93. The summed E-state index contributed by atoms with van der Waals surface area (Å²) in [5.74, 6) is -1.26. The van der Waals surface area contributed by atoms with E-state index in [-0.39, 0.29) is 12.0 Å². The van der Waals surface area contributed by atoms with Crippen LogP contribution in [0.15, 0.2) is 6.07 Å². The summed E-state index contributed by atoms with van der Waals surface area (Å²) in [6.45, 7) is 6.15. The molecule has 0 aromatic carbocycles. The van der Waals surface area contributed by atoms with Gasteiger partial charge in [-0.1, -0.05) is 20.3 Å². The maximum atomic E-state index is 12.8. The maximum absolute atomic E-state index is 12.8. The average molecular weight is 365 g/mol. The van der Waals surface area contributed by atoms with Crippen LogP contribution in [-0.2, 0) is 22.4 Å². The number of amides is 1. The van der Waals surface area contributed by atoms with E-state index in [1.54, 1.807) is 0 Å². The molecule has 1 aromatic heterocycles. The quantitative estimate of drug-likeness (QED) is 0.784. The second kappa shape index (κ2) is 6.72. The van der Waals surface area contributed by atoms with E-state index >= 15 is 0 Å². The molecule has 0 saturated heterocycles. The molecule has 0 radical (unpaired) electrons. The zero-order valence-corrected chi connectivity index (χ0v) is 16.0. The number of carbonyl (C=O) groups excluding carboxylic acids is 1. The number of fused-ring (bicyclic) bond motifs is 1. The highest BCUT2D eigenvalue weighted by atomic mass is 32.1. The summed E-state index contributed by atoms with van der Waals surface area (Å²) >= 11 is 1.52. The van der Waals surface area contributed by atoms with Crippen molar-refractivity contribution in [2.24, 2.45) is 5.41 Å². The fourth-order valence-corrected chi connectivity index (χ4v) is 5.22. The molecular formula is C19H27NO4S. The van der Waals surface area contributed by atoms with Gasteiger partial charge in [0.15, 0.2) is 0 Å². The van der Waals surface area contributed by atoms with Crippen molar-refractivity contribution in [3.63, 3.8) is 0 Å². The van der Waals surface area contributed by atoms with Gasteiger partial charge < -0.3 is 15.2 Å². The zero-order valence-electron chi connectivity index (χ0n) is 15.2. The van der Waals surface area contributed by atoms with Crippen LogP contribution in [-0.4, -0.2) is 35.2 Å². The molecule has 0 bridgehead atoms. The van der Waals surface area contributed by atoms with Crippen molar-refractivity contribution >= 4 is 23.2 Å². The van der Waals surface area contributed by atoms with Gasteiger partial charge in [-0.2, -0.15) is 0 Å². The number of nitrogens with one attached hydrogen (secondary N) is 1. The highest BCUT2D eigenvalue weighted by Gasteiger charge is 2.66. The van der Waals surface area contributed by atoms with Crippen LogP contribution in [0.5, 0.6) is 0 Å². The highest BCUT2D eigenvalue weighted by Crippen LogP contribution is 2.51. The van der Waals surface area contributed by atoms with Crippen LogP contribution in [0.3, 0.4) is 0 Å². The molecule has 2 unspecified atom stereocenters. The van der Waals surface area contributed by atoms with Gasteiger partial charge in [0.1, 0.15) is 5.54 Å². The van der Waals surface area contributed by atoms with E-state index in [9.17, 15) is 14.7 Å². The lowest BCUT2D eigenvalue weighted by Gasteiger charge is -2.58. The summed E-state index contributed by atoms with van der Waals surface area (Å²) in [5.41, 5.74) is -0.665. The molecule has 2 aliphatic rings. The van der Waals surface area contributed by atoms with E-state index in [0.29, 0.717) is 17.9 Å². The molecule has 2 atom stereocenters. The Balaban J connectivity index is 1.80. The van der Waals surface area contributed by atoms with Gasteiger partial charge in [0.25, 0.3) is 5.91 Å². The van der Waals surface area contributed by atoms with Gasteiger partial charge in [-0.25, -0.2) is 4.79 Å². The number of aryl methyl sites for hydroxylation is 2. The molecule has 0 spiro atoms. The van der Waals surface area contributed by atoms with Crippen molar-refractivity contribution in [1.29, 1.82) is 0 Å². The molecule has 138 valence electrons. The molecule has 25 heavy (non-hydrogen) atoms. The van der Waals surface area contributed by atoms with E-state index in [0.717, 1.165) is 25.7 Å². The predicted molar refractivity (Wildman–Crippen MR) is 97.2 cm³/mol. The number of aliphatic carboxylic acids is 1. The Labute approximate surface area is 152 Å². The van der Waals surface area contributed by atoms with Crippen LogP contribution in [0.25, 0.3) is 0 Å². The Bertz CT molecular complexity index is 657. The second-order valence-corrected chi connectivity index (χ2v) is 8.79. The first-order chi connectivity index (χ1) is 11.8. The standard InChI is InChI=1S/C19H27NO4S/c1-4-24-15-11-19(17(22)23,18(15,2)3)20-16(21)14-10-12-8-6-5-7-9-13(12)25-14/h10,15H,4-9,11H2,1-3H3,(H,20,21)(H,22,23). The zero-order chi connectivity index (χ0) is 18.2. The average Bonchev–Trinajstić information content (AvgIpc) is 2.84. The summed E-state index contributed by atoms with van der Waals surface area (Å²) < 4.78 is 5.65. The van der Waals surface area contributed by atoms with Crippen molar-refractivity contribution in [2.45, 2.75) is 70.9 Å². The minimum atomic E-state index is -1.27. The van der Waals surface area contributed by atoms with Gasteiger partial charge >= 0.3 is 5.97 Å². The van der Waals surface area contributed by atoms with Gasteiger partial charge in [-0.05, 0) is 44.2 Å². The predicted octanol–water partition coefficient (Wildman–Crippen LogP) is 3.41. The number of carboxylic acid groups (broad SMARTS) is 1. The SMILES string of the molecule is CCOC1CC(NC(=O)c2cc3c(s2)CCCCC3)(C(=O)O)C1(C)C. The van der Waals surface area contributed by atoms with E-state index < -0.39 is 16.9 Å². The molecule has 1 saturated carbocycles. The third-order valence-corrected chi connectivity index (χ3v) is 7.16. The van der Waals surface area contributed by atoms with E-state index in [4.69, 9.17) is 4.74 Å². The lowest BCUT2D eigenvalue weighted by atomic mass is 9.54. The fraction of sp³-hybridized carbons (Fsp3) is 0.684. The lowest BCUT2D eigenvalue weighted by molar-refractivity contribution is -0.190. The molecule has 2 N–H and O–H groups in total. The van der Waals surface area contributed by atoms with Crippen molar-refractivity contribution in [3.05, 3.63) is 21.4 Å². The monoisotopic (exact) mass is 365 g/mol. The molecule has 3 rings (SSSR count). The van der Waals surface area contributed by atoms with Crippen LogP contribution >= 0.6 is 11.3 Å². The van der Waals surface area contributed by atoms with Crippen molar-refractivity contribution in [1.82, 2.24) is 5.32 Å². The molecular weight excluding hydrogens is 338 g/mol. The Morgan fingerprint density at radius 3 is 2.68 bits per heavy atom.